The van der Waals surface area contributed by atoms with Gasteiger partial charge in [-0.1, -0.05) is 36.4 Å². The van der Waals surface area contributed by atoms with Gasteiger partial charge in [-0.15, -0.1) is 0 Å². The van der Waals surface area contributed by atoms with Crippen molar-refractivity contribution in [3.8, 4) is 0 Å². The third-order valence-electron chi connectivity index (χ3n) is 5.55. The van der Waals surface area contributed by atoms with Gasteiger partial charge in [-0.3, -0.25) is 4.79 Å². The second-order valence-electron chi connectivity index (χ2n) is 7.64. The average molecular weight is 440 g/mol. The van der Waals surface area contributed by atoms with Gasteiger partial charge in [-0.05, 0) is 24.3 Å². The molecule has 0 amide bonds. The predicted molar refractivity (Wildman–Crippen MR) is 105 cm³/mol. The fourth-order valence-corrected chi connectivity index (χ4v) is 4.19. The van der Waals surface area contributed by atoms with E-state index in [1.54, 1.807) is 60.7 Å². The lowest BCUT2D eigenvalue weighted by atomic mass is 9.82. The van der Waals surface area contributed by atoms with Gasteiger partial charge in [0.2, 0.25) is 0 Å². The molecule has 4 fully saturated rings. The Labute approximate surface area is 183 Å². The number of ether oxygens (including phenoxy) is 6. The molecule has 3 saturated heterocycles. The summed E-state index contributed by atoms with van der Waals surface area (Å²) in [6, 6.07) is 16.8. The average Bonchev–Trinajstić information content (AvgIpc) is 2.81. The van der Waals surface area contributed by atoms with Gasteiger partial charge in [0, 0.05) is 6.92 Å². The van der Waals surface area contributed by atoms with Gasteiger partial charge >= 0.3 is 17.9 Å². The van der Waals surface area contributed by atoms with Crippen molar-refractivity contribution in [2.45, 2.75) is 50.0 Å². The summed E-state index contributed by atoms with van der Waals surface area (Å²) in [5, 5.41) is 0. The molecule has 0 aromatic heterocycles. The summed E-state index contributed by atoms with van der Waals surface area (Å²) in [4.78, 5) is 37.2. The molecule has 1 aliphatic carbocycles. The van der Waals surface area contributed by atoms with Crippen LogP contribution in [0, 0.1) is 0 Å². The number of esters is 3. The Balaban J connectivity index is 1.43. The van der Waals surface area contributed by atoms with Crippen LogP contribution < -0.4 is 0 Å². The lowest BCUT2D eigenvalue weighted by molar-refractivity contribution is -0.478. The minimum absolute atomic E-state index is 0.333. The van der Waals surface area contributed by atoms with Crippen LogP contribution in [0.1, 0.15) is 27.6 Å². The molecule has 4 aliphatic rings. The number of benzene rings is 2. The minimum Gasteiger partial charge on any atom is -0.457 e. The first-order valence-corrected chi connectivity index (χ1v) is 10.2. The first kappa shape index (κ1) is 20.6. The minimum atomic E-state index is -1.04. The Morgan fingerprint density at radius 1 is 0.625 bits per heavy atom. The molecular formula is C23H20O9. The second-order valence-corrected chi connectivity index (χ2v) is 7.64. The molecule has 2 aromatic rings. The first-order chi connectivity index (χ1) is 15.5. The zero-order valence-corrected chi connectivity index (χ0v) is 17.0. The highest BCUT2D eigenvalue weighted by atomic mass is 16.9. The maximum atomic E-state index is 12.7. The Bertz CT molecular complexity index is 937. The van der Waals surface area contributed by atoms with Crippen molar-refractivity contribution in [2.24, 2.45) is 0 Å². The summed E-state index contributed by atoms with van der Waals surface area (Å²) in [5.41, 5.74) is 0.666. The van der Waals surface area contributed by atoms with E-state index in [1.807, 2.05) is 0 Å². The number of hydrogen-bond donors (Lipinski definition) is 0. The second kappa shape index (κ2) is 8.34. The van der Waals surface area contributed by atoms with E-state index < -0.39 is 61.0 Å². The smallest absolute Gasteiger partial charge is 0.338 e. The lowest BCUT2D eigenvalue weighted by Gasteiger charge is -2.57. The van der Waals surface area contributed by atoms with Gasteiger partial charge < -0.3 is 28.4 Å². The quantitative estimate of drug-likeness (QED) is 0.509. The van der Waals surface area contributed by atoms with Gasteiger partial charge in [0.05, 0.1) is 11.1 Å². The van der Waals surface area contributed by atoms with E-state index in [-0.39, 0.29) is 0 Å². The molecule has 2 aromatic carbocycles. The third kappa shape index (κ3) is 3.75. The van der Waals surface area contributed by atoms with Crippen LogP contribution in [0.25, 0.3) is 0 Å². The predicted octanol–water partition coefficient (Wildman–Crippen LogP) is 1.85. The molecule has 9 heteroatoms. The van der Waals surface area contributed by atoms with Crippen molar-refractivity contribution < 1.29 is 42.8 Å². The van der Waals surface area contributed by atoms with Gasteiger partial charge in [-0.25, -0.2) is 9.59 Å². The zero-order chi connectivity index (χ0) is 22.2. The normalized spacial score (nSPS) is 32.2. The fraction of sp³-hybridized carbons (Fsp3) is 0.348. The Hall–Kier alpha value is -3.27. The van der Waals surface area contributed by atoms with E-state index in [0.717, 1.165) is 0 Å². The van der Waals surface area contributed by atoms with Crippen LogP contribution in [0.3, 0.4) is 0 Å². The van der Waals surface area contributed by atoms with E-state index in [0.29, 0.717) is 11.1 Å². The number of carbonyl (C=O) groups excluding carboxylic acids is 3. The van der Waals surface area contributed by atoms with Gasteiger partial charge in [0.1, 0.15) is 18.3 Å². The maximum absolute atomic E-state index is 12.7. The number of rotatable bonds is 5. The van der Waals surface area contributed by atoms with E-state index in [4.69, 9.17) is 28.4 Å². The van der Waals surface area contributed by atoms with Crippen LogP contribution in [-0.2, 0) is 33.2 Å². The third-order valence-corrected chi connectivity index (χ3v) is 5.55. The molecule has 6 rings (SSSR count). The van der Waals surface area contributed by atoms with Crippen molar-refractivity contribution in [2.75, 3.05) is 0 Å². The van der Waals surface area contributed by atoms with Crippen molar-refractivity contribution in [3.05, 3.63) is 71.8 Å². The van der Waals surface area contributed by atoms with E-state index in [9.17, 15) is 14.4 Å². The van der Waals surface area contributed by atoms with Gasteiger partial charge in [0.15, 0.2) is 18.3 Å². The summed E-state index contributed by atoms with van der Waals surface area (Å²) >= 11 is 0. The molecule has 4 bridgehead atoms. The summed E-state index contributed by atoms with van der Waals surface area (Å²) in [7, 11) is 0. The summed E-state index contributed by atoms with van der Waals surface area (Å²) in [5.74, 6) is -1.78. The van der Waals surface area contributed by atoms with Gasteiger partial charge in [-0.2, -0.15) is 0 Å². The van der Waals surface area contributed by atoms with Crippen LogP contribution in [0.5, 0.6) is 0 Å². The van der Waals surface area contributed by atoms with Crippen LogP contribution >= 0.6 is 0 Å². The number of hydrogen-bond acceptors (Lipinski definition) is 9. The molecule has 9 nitrogen and oxygen atoms in total. The molecule has 166 valence electrons. The summed E-state index contributed by atoms with van der Waals surface area (Å²) < 4.78 is 34.0. The standard InChI is InChI=1S/C23H20O9/c1-12(24)27-15-18-16(28-21(25)13-8-4-2-5-9-13)20-17(19(15)31-23(30-18)32-20)29-22(26)14-10-6-3-7-11-14/h2-11,15-20,23H,1H3/t15?,16-,17+,18+,19-,20?,23?. The molecule has 3 aliphatic heterocycles. The molecule has 0 spiro atoms. The Morgan fingerprint density at radius 2 is 1.00 bits per heavy atom. The van der Waals surface area contributed by atoms with Crippen LogP contribution in [0.15, 0.2) is 60.7 Å². The molecule has 32 heavy (non-hydrogen) atoms. The molecule has 0 radical (unpaired) electrons. The molecule has 7 atom stereocenters. The highest BCUT2D eigenvalue weighted by molar-refractivity contribution is 5.90. The zero-order valence-electron chi connectivity index (χ0n) is 17.0. The van der Waals surface area contributed by atoms with Crippen LogP contribution in [0.2, 0.25) is 0 Å². The Kier molecular flexibility index (Phi) is 5.38. The lowest BCUT2D eigenvalue weighted by Crippen LogP contribution is -2.76. The maximum Gasteiger partial charge on any atom is 0.338 e. The van der Waals surface area contributed by atoms with Crippen molar-refractivity contribution in [3.63, 3.8) is 0 Å². The van der Waals surface area contributed by atoms with E-state index >= 15 is 0 Å². The molecule has 0 N–H and O–H groups in total. The first-order valence-electron chi connectivity index (χ1n) is 10.2. The number of carbonyl (C=O) groups is 3. The summed E-state index contributed by atoms with van der Waals surface area (Å²) in [6.07, 6.45) is -5.45. The molecule has 1 saturated carbocycles. The SMILES string of the molecule is CC(=O)OC1[C@H]2OC3OC([C@H]2OC(=O)c2ccccc2)[C@H](OC(=O)c2ccccc2)[C@H]1O3. The molecule has 3 heterocycles. The monoisotopic (exact) mass is 440 g/mol. The van der Waals surface area contributed by atoms with Crippen LogP contribution in [0.4, 0.5) is 0 Å². The van der Waals surface area contributed by atoms with E-state index in [1.165, 1.54) is 6.92 Å². The highest BCUT2D eigenvalue weighted by Crippen LogP contribution is 2.44. The van der Waals surface area contributed by atoms with Crippen molar-refractivity contribution >= 4 is 17.9 Å². The van der Waals surface area contributed by atoms with E-state index in [2.05, 4.69) is 0 Å². The largest absolute Gasteiger partial charge is 0.457 e. The van der Waals surface area contributed by atoms with Crippen LogP contribution in [-0.4, -0.2) is 61.0 Å². The topological polar surface area (TPSA) is 107 Å². The summed E-state index contributed by atoms with van der Waals surface area (Å²) in [6.45, 7) is 0.206. The molecule has 3 unspecified atom stereocenters. The van der Waals surface area contributed by atoms with Crippen molar-refractivity contribution in [1.82, 2.24) is 0 Å². The Morgan fingerprint density at radius 3 is 1.38 bits per heavy atom. The van der Waals surface area contributed by atoms with Crippen molar-refractivity contribution in [1.29, 1.82) is 0 Å². The fourth-order valence-electron chi connectivity index (χ4n) is 4.19. The highest BCUT2D eigenvalue weighted by Gasteiger charge is 2.66. The molecular weight excluding hydrogens is 420 g/mol. The van der Waals surface area contributed by atoms with Gasteiger partial charge in [0.25, 0.3) is 6.48 Å².